The lowest BCUT2D eigenvalue weighted by Gasteiger charge is -2.08. The van der Waals surface area contributed by atoms with Crippen LogP contribution in [-0.4, -0.2) is 28.3 Å². The molecule has 0 radical (unpaired) electrons. The van der Waals surface area contributed by atoms with Crippen molar-refractivity contribution < 1.29 is 9.53 Å². The van der Waals surface area contributed by atoms with Crippen LogP contribution in [0.2, 0.25) is 0 Å². The topological polar surface area (TPSA) is 44.1 Å². The lowest BCUT2D eigenvalue weighted by molar-refractivity contribution is 0.0576. The van der Waals surface area contributed by atoms with Crippen molar-refractivity contribution in [2.24, 2.45) is 0 Å². The highest BCUT2D eigenvalue weighted by Gasteiger charge is 2.12. The summed E-state index contributed by atoms with van der Waals surface area (Å²) in [5.41, 5.74) is 0.637. The Bertz CT molecular complexity index is 318. The Hall–Kier alpha value is -1.16. The minimum Gasteiger partial charge on any atom is -0.371 e. The Morgan fingerprint density at radius 3 is 2.93 bits per heavy atom. The molecular formula is C11H18N2O2. The fraction of sp³-hybridized carbons (Fsp3) is 0.636. The normalized spacial score (nSPS) is 10.9. The van der Waals surface area contributed by atoms with Gasteiger partial charge >= 0.3 is 0 Å². The van der Waals surface area contributed by atoms with Crippen molar-refractivity contribution in [2.45, 2.75) is 39.8 Å². The number of hydrogen-bond acceptors (Lipinski definition) is 3. The van der Waals surface area contributed by atoms with Gasteiger partial charge in [0, 0.05) is 12.7 Å². The maximum absolute atomic E-state index is 11.7. The monoisotopic (exact) mass is 210 g/mol. The molecule has 0 N–H and O–H groups in total. The van der Waals surface area contributed by atoms with Crippen LogP contribution < -0.4 is 0 Å². The zero-order chi connectivity index (χ0) is 11.3. The second kappa shape index (κ2) is 5.66. The van der Waals surface area contributed by atoms with E-state index in [1.165, 1.54) is 0 Å². The van der Waals surface area contributed by atoms with Gasteiger partial charge in [-0.2, -0.15) is 5.10 Å². The lowest BCUT2D eigenvalue weighted by Crippen LogP contribution is -2.17. The highest BCUT2D eigenvalue weighted by Crippen LogP contribution is 2.03. The van der Waals surface area contributed by atoms with Crippen LogP contribution in [0.1, 0.15) is 37.7 Å². The molecule has 0 atom stereocenters. The molecule has 0 aromatic carbocycles. The number of ketones is 1. The van der Waals surface area contributed by atoms with Gasteiger partial charge in [0.2, 0.25) is 5.78 Å². The minimum absolute atomic E-state index is 0.00495. The van der Waals surface area contributed by atoms with Gasteiger partial charge in [-0.3, -0.25) is 9.48 Å². The first kappa shape index (κ1) is 11.9. The molecule has 0 amide bonds. The number of Topliss-reactive ketones (excluding diaryl/α,β-unsaturated/α-hetero) is 1. The lowest BCUT2D eigenvalue weighted by atomic mass is 10.3. The quantitative estimate of drug-likeness (QED) is 0.673. The molecule has 84 valence electrons. The summed E-state index contributed by atoms with van der Waals surface area (Å²) < 4.78 is 7.00. The van der Waals surface area contributed by atoms with Crippen molar-refractivity contribution in [2.75, 3.05) is 6.61 Å². The number of aromatic nitrogens is 2. The summed E-state index contributed by atoms with van der Waals surface area (Å²) in [6.07, 6.45) is 2.70. The average molecular weight is 210 g/mol. The van der Waals surface area contributed by atoms with Gasteiger partial charge < -0.3 is 4.74 Å². The summed E-state index contributed by atoms with van der Waals surface area (Å²) in [5, 5.41) is 4.09. The number of carbonyl (C=O) groups is 1. The van der Waals surface area contributed by atoms with E-state index >= 15 is 0 Å². The molecule has 1 heterocycles. The van der Waals surface area contributed by atoms with Crippen LogP contribution in [0.3, 0.4) is 0 Å². The zero-order valence-corrected chi connectivity index (χ0v) is 9.56. The maximum Gasteiger partial charge on any atom is 0.206 e. The molecule has 4 nitrogen and oxygen atoms in total. The number of carbonyl (C=O) groups excluding carboxylic acids is 1. The minimum atomic E-state index is -0.00495. The maximum atomic E-state index is 11.7. The van der Waals surface area contributed by atoms with E-state index in [1.54, 1.807) is 16.9 Å². The van der Waals surface area contributed by atoms with Gasteiger partial charge in [-0.1, -0.05) is 6.92 Å². The van der Waals surface area contributed by atoms with Crippen LogP contribution in [-0.2, 0) is 11.3 Å². The Kier molecular flexibility index (Phi) is 4.49. The molecule has 0 aliphatic carbocycles. The summed E-state index contributed by atoms with van der Waals surface area (Å²) >= 11 is 0. The van der Waals surface area contributed by atoms with Gasteiger partial charge in [0.15, 0.2) is 0 Å². The van der Waals surface area contributed by atoms with Crippen LogP contribution in [0.15, 0.2) is 12.3 Å². The van der Waals surface area contributed by atoms with Gasteiger partial charge in [-0.05, 0) is 26.3 Å². The van der Waals surface area contributed by atoms with E-state index in [9.17, 15) is 4.79 Å². The Balaban J connectivity index is 2.60. The average Bonchev–Trinajstić information content (AvgIpc) is 2.63. The molecular weight excluding hydrogens is 192 g/mol. The van der Waals surface area contributed by atoms with Gasteiger partial charge in [0.25, 0.3) is 0 Å². The van der Waals surface area contributed by atoms with Crippen LogP contribution in [0.25, 0.3) is 0 Å². The Morgan fingerprint density at radius 2 is 2.33 bits per heavy atom. The van der Waals surface area contributed by atoms with Crippen molar-refractivity contribution in [3.8, 4) is 0 Å². The van der Waals surface area contributed by atoms with Crippen molar-refractivity contribution in [3.05, 3.63) is 18.0 Å². The zero-order valence-electron chi connectivity index (χ0n) is 9.56. The molecule has 0 bridgehead atoms. The highest BCUT2D eigenvalue weighted by molar-refractivity contribution is 5.95. The summed E-state index contributed by atoms with van der Waals surface area (Å²) in [6, 6.07) is 1.74. The van der Waals surface area contributed by atoms with Crippen molar-refractivity contribution in [1.82, 2.24) is 9.78 Å². The van der Waals surface area contributed by atoms with Gasteiger partial charge in [0.05, 0.1) is 6.10 Å². The molecule has 0 fully saturated rings. The third-order valence-electron chi connectivity index (χ3n) is 1.99. The van der Waals surface area contributed by atoms with Gasteiger partial charge in [-0.15, -0.1) is 0 Å². The first-order valence-electron chi connectivity index (χ1n) is 5.31. The van der Waals surface area contributed by atoms with Gasteiger partial charge in [0.1, 0.15) is 12.3 Å². The first-order valence-corrected chi connectivity index (χ1v) is 5.31. The number of aryl methyl sites for hydroxylation is 1. The van der Waals surface area contributed by atoms with Gasteiger partial charge in [-0.25, -0.2) is 0 Å². The molecule has 1 rings (SSSR count). The van der Waals surface area contributed by atoms with E-state index in [2.05, 4.69) is 12.0 Å². The second-order valence-corrected chi connectivity index (χ2v) is 3.72. The number of nitrogens with zero attached hydrogens (tertiary/aromatic N) is 2. The van der Waals surface area contributed by atoms with Crippen LogP contribution in [0, 0.1) is 0 Å². The van der Waals surface area contributed by atoms with Crippen LogP contribution >= 0.6 is 0 Å². The van der Waals surface area contributed by atoms with E-state index in [0.29, 0.717) is 5.69 Å². The molecule has 0 saturated carbocycles. The molecule has 1 aromatic heterocycles. The van der Waals surface area contributed by atoms with Crippen molar-refractivity contribution in [1.29, 1.82) is 0 Å². The van der Waals surface area contributed by atoms with E-state index in [1.807, 2.05) is 13.8 Å². The Morgan fingerprint density at radius 1 is 1.60 bits per heavy atom. The van der Waals surface area contributed by atoms with E-state index in [0.717, 1.165) is 13.0 Å². The first-order chi connectivity index (χ1) is 7.15. The number of hydrogen-bond donors (Lipinski definition) is 0. The largest absolute Gasteiger partial charge is 0.371 e. The predicted octanol–water partition coefficient (Wildman–Crippen LogP) is 1.90. The standard InChI is InChI=1S/C11H18N2O2/c1-4-7-13-10(5-6-12-13)11(14)8-15-9(2)3/h5-6,9H,4,7-8H2,1-3H3. The third-order valence-corrected chi connectivity index (χ3v) is 1.99. The molecule has 0 unspecified atom stereocenters. The summed E-state index contributed by atoms with van der Waals surface area (Å²) in [4.78, 5) is 11.7. The van der Waals surface area contributed by atoms with Crippen LogP contribution in [0.5, 0.6) is 0 Å². The summed E-state index contributed by atoms with van der Waals surface area (Å²) in [6.45, 7) is 6.79. The summed E-state index contributed by atoms with van der Waals surface area (Å²) in [5.74, 6) is -0.00495. The smallest absolute Gasteiger partial charge is 0.206 e. The molecule has 0 aliphatic rings. The second-order valence-electron chi connectivity index (χ2n) is 3.72. The van der Waals surface area contributed by atoms with Crippen LogP contribution in [0.4, 0.5) is 0 Å². The molecule has 4 heteroatoms. The fourth-order valence-corrected chi connectivity index (χ4v) is 1.28. The van der Waals surface area contributed by atoms with E-state index < -0.39 is 0 Å². The fourth-order valence-electron chi connectivity index (χ4n) is 1.28. The molecule has 0 spiro atoms. The predicted molar refractivity (Wildman–Crippen MR) is 57.9 cm³/mol. The highest BCUT2D eigenvalue weighted by atomic mass is 16.5. The number of rotatable bonds is 6. The van der Waals surface area contributed by atoms with Crippen molar-refractivity contribution in [3.63, 3.8) is 0 Å². The molecule has 1 aromatic rings. The van der Waals surface area contributed by atoms with Crippen molar-refractivity contribution >= 4 is 5.78 Å². The molecule has 15 heavy (non-hydrogen) atoms. The van der Waals surface area contributed by atoms with E-state index in [4.69, 9.17) is 4.74 Å². The molecule has 0 saturated heterocycles. The Labute approximate surface area is 90.2 Å². The molecule has 0 aliphatic heterocycles. The number of ether oxygens (including phenoxy) is 1. The SMILES string of the molecule is CCCn1nccc1C(=O)COC(C)C. The summed E-state index contributed by atoms with van der Waals surface area (Å²) in [7, 11) is 0. The van der Waals surface area contributed by atoms with E-state index in [-0.39, 0.29) is 18.5 Å². The third kappa shape index (κ3) is 3.47.